The lowest BCUT2D eigenvalue weighted by Gasteiger charge is -2.15. The number of ether oxygens (including phenoxy) is 2. The highest BCUT2D eigenvalue weighted by Gasteiger charge is 2.08. The van der Waals surface area contributed by atoms with Crippen LogP contribution in [0.25, 0.3) is 0 Å². The van der Waals surface area contributed by atoms with E-state index in [1.165, 1.54) is 0 Å². The minimum Gasteiger partial charge on any atom is -0.490 e. The summed E-state index contributed by atoms with van der Waals surface area (Å²) in [4.78, 5) is 0. The molecule has 0 aliphatic carbocycles. The second-order valence-electron chi connectivity index (χ2n) is 3.34. The molecule has 0 amide bonds. The number of hydrogen-bond acceptors (Lipinski definition) is 2. The molecule has 0 spiro atoms. The predicted molar refractivity (Wildman–Crippen MR) is 57.8 cm³/mol. The van der Waals surface area contributed by atoms with E-state index in [9.17, 15) is 0 Å². The molecule has 2 heteroatoms. The Morgan fingerprint density at radius 1 is 1.36 bits per heavy atom. The molecule has 0 bridgehead atoms. The molecule has 0 atom stereocenters. The summed E-state index contributed by atoms with van der Waals surface area (Å²) >= 11 is 0. The van der Waals surface area contributed by atoms with E-state index in [-0.39, 0.29) is 6.10 Å². The van der Waals surface area contributed by atoms with E-state index in [2.05, 4.69) is 6.92 Å². The lowest BCUT2D eigenvalue weighted by atomic mass is 10.2. The first-order valence-electron chi connectivity index (χ1n) is 4.89. The number of rotatable bonds is 4. The first-order valence-corrected chi connectivity index (χ1v) is 4.89. The Labute approximate surface area is 85.8 Å². The molecule has 14 heavy (non-hydrogen) atoms. The number of para-hydroxylation sites is 1. The van der Waals surface area contributed by atoms with Crippen molar-refractivity contribution >= 4 is 0 Å². The van der Waals surface area contributed by atoms with E-state index < -0.39 is 0 Å². The van der Waals surface area contributed by atoms with Crippen LogP contribution in [0.5, 0.6) is 11.5 Å². The summed E-state index contributed by atoms with van der Waals surface area (Å²) in [7, 11) is 0. The maximum Gasteiger partial charge on any atom is 0.164 e. The third-order valence-corrected chi connectivity index (χ3v) is 1.71. The molecule has 0 saturated heterocycles. The first kappa shape index (κ1) is 10.9. The van der Waals surface area contributed by atoms with Crippen LogP contribution in [0.3, 0.4) is 0 Å². The van der Waals surface area contributed by atoms with Gasteiger partial charge in [-0.3, -0.25) is 0 Å². The molecule has 0 saturated carbocycles. The Bertz CT molecular complexity index is 292. The van der Waals surface area contributed by atoms with Gasteiger partial charge in [-0.25, -0.2) is 0 Å². The Hall–Kier alpha value is -1.18. The maximum absolute atomic E-state index is 5.61. The van der Waals surface area contributed by atoms with Gasteiger partial charge in [-0.1, -0.05) is 12.1 Å². The van der Waals surface area contributed by atoms with Crippen LogP contribution in [0, 0.1) is 6.92 Å². The van der Waals surface area contributed by atoms with Crippen molar-refractivity contribution in [3.8, 4) is 11.5 Å². The quantitative estimate of drug-likeness (QED) is 0.731. The van der Waals surface area contributed by atoms with Gasteiger partial charge in [0.2, 0.25) is 0 Å². The highest BCUT2D eigenvalue weighted by Crippen LogP contribution is 2.31. The average Bonchev–Trinajstić information content (AvgIpc) is 2.10. The summed E-state index contributed by atoms with van der Waals surface area (Å²) in [6, 6.07) is 5.74. The van der Waals surface area contributed by atoms with Gasteiger partial charge in [-0.05, 0) is 39.3 Å². The van der Waals surface area contributed by atoms with Gasteiger partial charge in [-0.15, -0.1) is 0 Å². The Kier molecular flexibility index (Phi) is 3.81. The van der Waals surface area contributed by atoms with Gasteiger partial charge in [0.25, 0.3) is 0 Å². The molecule has 0 aromatic heterocycles. The molecule has 0 unspecified atom stereocenters. The van der Waals surface area contributed by atoms with Crippen molar-refractivity contribution in [3.63, 3.8) is 0 Å². The maximum atomic E-state index is 5.61. The summed E-state index contributed by atoms with van der Waals surface area (Å²) in [5.74, 6) is 1.53. The summed E-state index contributed by atoms with van der Waals surface area (Å²) in [5.41, 5.74) is 0.866. The highest BCUT2D eigenvalue weighted by atomic mass is 16.5. The zero-order valence-electron chi connectivity index (χ0n) is 9.04. The molecule has 1 aromatic rings. The molecule has 0 N–H and O–H groups in total. The minimum atomic E-state index is 0.149. The van der Waals surface area contributed by atoms with Gasteiger partial charge in [0.1, 0.15) is 0 Å². The monoisotopic (exact) mass is 193 g/mol. The molecule has 0 aliphatic rings. The summed E-state index contributed by atoms with van der Waals surface area (Å²) in [5, 5.41) is 0. The van der Waals surface area contributed by atoms with E-state index in [0.717, 1.165) is 17.1 Å². The second kappa shape index (κ2) is 4.89. The largest absolute Gasteiger partial charge is 0.490 e. The molecule has 1 radical (unpaired) electrons. The van der Waals surface area contributed by atoms with Crippen molar-refractivity contribution in [3.05, 3.63) is 30.7 Å². The molecule has 1 aromatic carbocycles. The lowest BCUT2D eigenvalue weighted by molar-refractivity contribution is 0.223. The summed E-state index contributed by atoms with van der Waals surface area (Å²) < 4.78 is 11.1. The number of hydrogen-bond donors (Lipinski definition) is 0. The first-order chi connectivity index (χ1) is 6.65. The van der Waals surface area contributed by atoms with E-state index in [1.54, 1.807) is 0 Å². The van der Waals surface area contributed by atoms with E-state index in [4.69, 9.17) is 9.47 Å². The van der Waals surface area contributed by atoms with Crippen LogP contribution >= 0.6 is 0 Å². The zero-order chi connectivity index (χ0) is 10.6. The predicted octanol–water partition coefficient (Wildman–Crippen LogP) is 3.05. The Balaban J connectivity index is 2.95. The number of benzene rings is 1. The van der Waals surface area contributed by atoms with Gasteiger partial charge >= 0.3 is 0 Å². The standard InChI is InChI=1S/C12H17O2/c1-5-13-12-10(4)7-6-8-11(12)14-9(2)3/h6-9H,4-5H2,1-3H3. The summed E-state index contributed by atoms with van der Waals surface area (Å²) in [6.07, 6.45) is 0.149. The van der Waals surface area contributed by atoms with Crippen LogP contribution in [-0.2, 0) is 0 Å². The van der Waals surface area contributed by atoms with Crippen LogP contribution in [0.1, 0.15) is 26.3 Å². The van der Waals surface area contributed by atoms with Crippen molar-refractivity contribution in [1.82, 2.24) is 0 Å². The molecule has 0 aliphatic heterocycles. The fourth-order valence-corrected chi connectivity index (χ4v) is 1.22. The zero-order valence-corrected chi connectivity index (χ0v) is 9.04. The van der Waals surface area contributed by atoms with Gasteiger partial charge < -0.3 is 9.47 Å². The third-order valence-electron chi connectivity index (χ3n) is 1.71. The van der Waals surface area contributed by atoms with Crippen molar-refractivity contribution < 1.29 is 9.47 Å². The topological polar surface area (TPSA) is 18.5 Å². The smallest absolute Gasteiger partial charge is 0.164 e. The molecule has 0 heterocycles. The van der Waals surface area contributed by atoms with Gasteiger partial charge in [0.05, 0.1) is 12.7 Å². The van der Waals surface area contributed by atoms with Crippen LogP contribution in [0.4, 0.5) is 0 Å². The molecule has 1 rings (SSSR count). The Morgan fingerprint density at radius 3 is 2.64 bits per heavy atom. The van der Waals surface area contributed by atoms with Gasteiger partial charge in [-0.2, -0.15) is 0 Å². The second-order valence-corrected chi connectivity index (χ2v) is 3.34. The molecule has 2 nitrogen and oxygen atoms in total. The molecular formula is C12H17O2. The SMILES string of the molecule is [CH2]c1cccc(OC(C)C)c1OCC. The van der Waals surface area contributed by atoms with Crippen molar-refractivity contribution in [2.24, 2.45) is 0 Å². The molecule has 0 fully saturated rings. The van der Waals surface area contributed by atoms with Crippen LogP contribution in [0.2, 0.25) is 0 Å². The summed E-state index contributed by atoms with van der Waals surface area (Å²) in [6.45, 7) is 10.5. The lowest BCUT2D eigenvalue weighted by Crippen LogP contribution is -2.07. The van der Waals surface area contributed by atoms with E-state index in [1.807, 2.05) is 39.0 Å². The van der Waals surface area contributed by atoms with Crippen LogP contribution in [-0.4, -0.2) is 12.7 Å². The average molecular weight is 193 g/mol. The normalized spacial score (nSPS) is 10.4. The van der Waals surface area contributed by atoms with Gasteiger partial charge in [0.15, 0.2) is 11.5 Å². The fraction of sp³-hybridized carbons (Fsp3) is 0.417. The Morgan fingerprint density at radius 2 is 2.07 bits per heavy atom. The molecular weight excluding hydrogens is 176 g/mol. The van der Waals surface area contributed by atoms with Gasteiger partial charge in [0, 0.05) is 0 Å². The highest BCUT2D eigenvalue weighted by molar-refractivity contribution is 5.48. The van der Waals surface area contributed by atoms with Crippen molar-refractivity contribution in [2.45, 2.75) is 26.9 Å². The van der Waals surface area contributed by atoms with E-state index >= 15 is 0 Å². The van der Waals surface area contributed by atoms with Crippen molar-refractivity contribution in [2.75, 3.05) is 6.61 Å². The van der Waals surface area contributed by atoms with Crippen LogP contribution in [0.15, 0.2) is 18.2 Å². The molecule has 77 valence electrons. The minimum absolute atomic E-state index is 0.149. The van der Waals surface area contributed by atoms with Crippen molar-refractivity contribution in [1.29, 1.82) is 0 Å². The van der Waals surface area contributed by atoms with E-state index in [0.29, 0.717) is 6.61 Å². The fourth-order valence-electron chi connectivity index (χ4n) is 1.22. The van der Waals surface area contributed by atoms with Crippen LogP contribution < -0.4 is 9.47 Å². The third kappa shape index (κ3) is 2.66.